The van der Waals surface area contributed by atoms with Crippen LogP contribution < -0.4 is 5.32 Å². The Labute approximate surface area is 123 Å². The molecule has 1 aromatic heterocycles. The number of fused-ring (bicyclic) bond motifs is 1. The van der Waals surface area contributed by atoms with Gasteiger partial charge in [-0.2, -0.15) is 0 Å². The Balaban J connectivity index is 2.20. The molecule has 2 aromatic rings. The number of nitrogens with zero attached hydrogens (tertiary/aromatic N) is 1. The lowest BCUT2D eigenvalue weighted by atomic mass is 10.0. The van der Waals surface area contributed by atoms with Gasteiger partial charge in [-0.05, 0) is 37.1 Å². The van der Waals surface area contributed by atoms with Gasteiger partial charge < -0.3 is 15.0 Å². The van der Waals surface area contributed by atoms with Gasteiger partial charge in [0.1, 0.15) is 6.54 Å². The van der Waals surface area contributed by atoms with Gasteiger partial charge in [0.15, 0.2) is 0 Å². The number of carbonyl (C=O) groups is 2. The standard InChI is InChI=1S/C16H20N2O3/c1-3-11(4-2)16(21)17-13-5-6-14-12(9-13)7-8-18(14)10-15(19)20/h5-9,11H,3-4,10H2,1-2H3,(H,17,21)(H,19,20). The van der Waals surface area contributed by atoms with E-state index in [4.69, 9.17) is 5.11 Å². The zero-order chi connectivity index (χ0) is 15.4. The minimum absolute atomic E-state index is 0.0253. The van der Waals surface area contributed by atoms with Crippen LogP contribution in [0.1, 0.15) is 26.7 Å². The van der Waals surface area contributed by atoms with Gasteiger partial charge in [-0.15, -0.1) is 0 Å². The minimum Gasteiger partial charge on any atom is -0.480 e. The molecular weight excluding hydrogens is 268 g/mol. The first-order chi connectivity index (χ1) is 10.0. The molecule has 0 bridgehead atoms. The molecule has 1 aromatic carbocycles. The van der Waals surface area contributed by atoms with E-state index < -0.39 is 5.97 Å². The van der Waals surface area contributed by atoms with Crippen molar-refractivity contribution in [2.45, 2.75) is 33.2 Å². The molecule has 1 amide bonds. The van der Waals surface area contributed by atoms with E-state index in [9.17, 15) is 9.59 Å². The summed E-state index contributed by atoms with van der Waals surface area (Å²) in [5, 5.41) is 12.7. The van der Waals surface area contributed by atoms with Crippen molar-refractivity contribution in [1.82, 2.24) is 4.57 Å². The topological polar surface area (TPSA) is 71.3 Å². The summed E-state index contributed by atoms with van der Waals surface area (Å²) < 4.78 is 1.67. The van der Waals surface area contributed by atoms with Crippen LogP contribution in [0.5, 0.6) is 0 Å². The first-order valence-electron chi connectivity index (χ1n) is 7.16. The Morgan fingerprint density at radius 1 is 1.24 bits per heavy atom. The van der Waals surface area contributed by atoms with Crippen molar-refractivity contribution in [3.05, 3.63) is 30.5 Å². The molecule has 0 unspecified atom stereocenters. The average molecular weight is 288 g/mol. The highest BCUT2D eigenvalue weighted by atomic mass is 16.4. The number of amides is 1. The number of carboxylic acid groups (broad SMARTS) is 1. The van der Waals surface area contributed by atoms with Crippen LogP contribution in [0.15, 0.2) is 30.5 Å². The van der Waals surface area contributed by atoms with Gasteiger partial charge in [0.05, 0.1) is 0 Å². The predicted molar refractivity (Wildman–Crippen MR) is 82.3 cm³/mol. The first-order valence-corrected chi connectivity index (χ1v) is 7.16. The number of anilines is 1. The lowest BCUT2D eigenvalue weighted by Crippen LogP contribution is -2.21. The number of hydrogen-bond donors (Lipinski definition) is 2. The van der Waals surface area contributed by atoms with Gasteiger partial charge in [-0.25, -0.2) is 0 Å². The Morgan fingerprint density at radius 3 is 2.57 bits per heavy atom. The van der Waals surface area contributed by atoms with E-state index in [0.29, 0.717) is 0 Å². The van der Waals surface area contributed by atoms with Crippen molar-refractivity contribution in [3.63, 3.8) is 0 Å². The molecule has 5 nitrogen and oxygen atoms in total. The molecule has 21 heavy (non-hydrogen) atoms. The Morgan fingerprint density at radius 2 is 1.95 bits per heavy atom. The monoisotopic (exact) mass is 288 g/mol. The molecule has 0 fully saturated rings. The Hall–Kier alpha value is -2.30. The Kier molecular flexibility index (Phi) is 4.62. The number of carbonyl (C=O) groups excluding carboxylic acids is 1. The largest absolute Gasteiger partial charge is 0.480 e. The fourth-order valence-electron chi connectivity index (χ4n) is 2.47. The smallest absolute Gasteiger partial charge is 0.323 e. The first kappa shape index (κ1) is 15.1. The maximum atomic E-state index is 12.1. The highest BCUT2D eigenvalue weighted by Crippen LogP contribution is 2.21. The summed E-state index contributed by atoms with van der Waals surface area (Å²) in [5.74, 6) is -0.819. The van der Waals surface area contributed by atoms with Crippen molar-refractivity contribution in [2.24, 2.45) is 5.92 Å². The van der Waals surface area contributed by atoms with Crippen molar-refractivity contribution in [1.29, 1.82) is 0 Å². The maximum absolute atomic E-state index is 12.1. The number of carboxylic acids is 1. The van der Waals surface area contributed by atoms with Crippen LogP contribution in [0, 0.1) is 5.92 Å². The fraction of sp³-hybridized carbons (Fsp3) is 0.375. The lowest BCUT2D eigenvalue weighted by Gasteiger charge is -2.13. The molecule has 0 aliphatic rings. The third kappa shape index (κ3) is 3.42. The summed E-state index contributed by atoms with van der Waals surface area (Å²) in [4.78, 5) is 22.9. The Bertz CT molecular complexity index is 657. The average Bonchev–Trinajstić information content (AvgIpc) is 2.82. The van der Waals surface area contributed by atoms with Gasteiger partial charge in [-0.3, -0.25) is 9.59 Å². The second-order valence-electron chi connectivity index (χ2n) is 5.11. The maximum Gasteiger partial charge on any atom is 0.323 e. The molecule has 2 N–H and O–H groups in total. The zero-order valence-electron chi connectivity index (χ0n) is 12.3. The second-order valence-corrected chi connectivity index (χ2v) is 5.11. The zero-order valence-corrected chi connectivity index (χ0v) is 12.3. The number of benzene rings is 1. The SMILES string of the molecule is CCC(CC)C(=O)Nc1ccc2c(ccn2CC(=O)O)c1. The number of aliphatic carboxylic acids is 1. The molecule has 1 heterocycles. The van der Waals surface area contributed by atoms with E-state index in [2.05, 4.69) is 5.32 Å². The molecule has 112 valence electrons. The molecule has 0 saturated carbocycles. The third-order valence-electron chi connectivity index (χ3n) is 3.70. The van der Waals surface area contributed by atoms with Gasteiger partial charge in [0.2, 0.25) is 5.91 Å². The molecular formula is C16H20N2O3. The van der Waals surface area contributed by atoms with Crippen LogP contribution in [-0.2, 0) is 16.1 Å². The van der Waals surface area contributed by atoms with Gasteiger partial charge in [-0.1, -0.05) is 13.8 Å². The fourth-order valence-corrected chi connectivity index (χ4v) is 2.47. The van der Waals surface area contributed by atoms with Crippen LogP contribution in [0.4, 0.5) is 5.69 Å². The molecule has 0 spiro atoms. The molecule has 5 heteroatoms. The van der Waals surface area contributed by atoms with Crippen molar-refractivity contribution in [2.75, 3.05) is 5.32 Å². The van der Waals surface area contributed by atoms with E-state index in [1.54, 1.807) is 16.8 Å². The van der Waals surface area contributed by atoms with E-state index in [1.165, 1.54) is 0 Å². The number of rotatable bonds is 6. The lowest BCUT2D eigenvalue weighted by molar-refractivity contribution is -0.137. The van der Waals surface area contributed by atoms with Crippen LogP contribution in [0.3, 0.4) is 0 Å². The summed E-state index contributed by atoms with van der Waals surface area (Å²) in [7, 11) is 0. The van der Waals surface area contributed by atoms with Crippen molar-refractivity contribution >= 4 is 28.5 Å². The van der Waals surface area contributed by atoms with Gasteiger partial charge in [0, 0.05) is 28.7 Å². The number of hydrogen-bond acceptors (Lipinski definition) is 2. The molecule has 2 rings (SSSR count). The summed E-state index contributed by atoms with van der Waals surface area (Å²) >= 11 is 0. The van der Waals surface area contributed by atoms with Gasteiger partial charge in [0.25, 0.3) is 0 Å². The van der Waals surface area contributed by atoms with E-state index >= 15 is 0 Å². The molecule has 0 saturated heterocycles. The normalized spacial score (nSPS) is 11.0. The summed E-state index contributed by atoms with van der Waals surface area (Å²) in [6.07, 6.45) is 3.38. The molecule has 0 atom stereocenters. The molecule has 0 aliphatic carbocycles. The molecule has 0 aliphatic heterocycles. The van der Waals surface area contributed by atoms with Crippen molar-refractivity contribution < 1.29 is 14.7 Å². The van der Waals surface area contributed by atoms with Crippen molar-refractivity contribution in [3.8, 4) is 0 Å². The second kappa shape index (κ2) is 6.43. The minimum atomic E-state index is -0.876. The van der Waals surface area contributed by atoms with Crippen LogP contribution in [0.25, 0.3) is 10.9 Å². The van der Waals surface area contributed by atoms with E-state index in [0.717, 1.165) is 29.4 Å². The number of nitrogens with one attached hydrogen (secondary N) is 1. The van der Waals surface area contributed by atoms with E-state index in [1.807, 2.05) is 32.0 Å². The quantitative estimate of drug-likeness (QED) is 0.858. The highest BCUT2D eigenvalue weighted by Gasteiger charge is 2.14. The third-order valence-corrected chi connectivity index (χ3v) is 3.70. The summed E-state index contributed by atoms with van der Waals surface area (Å²) in [6.45, 7) is 3.94. The van der Waals surface area contributed by atoms with Crippen LogP contribution in [0.2, 0.25) is 0 Å². The number of aromatic nitrogens is 1. The summed E-state index contributed by atoms with van der Waals surface area (Å²) in [5.41, 5.74) is 1.59. The summed E-state index contributed by atoms with van der Waals surface area (Å²) in [6, 6.07) is 7.36. The van der Waals surface area contributed by atoms with Gasteiger partial charge >= 0.3 is 5.97 Å². The van der Waals surface area contributed by atoms with Crippen LogP contribution in [-0.4, -0.2) is 21.6 Å². The molecule has 0 radical (unpaired) electrons. The van der Waals surface area contributed by atoms with Crippen LogP contribution >= 0.6 is 0 Å². The predicted octanol–water partition coefficient (Wildman–Crippen LogP) is 3.10. The highest BCUT2D eigenvalue weighted by molar-refractivity contribution is 5.95. The van der Waals surface area contributed by atoms with E-state index in [-0.39, 0.29) is 18.4 Å².